The summed E-state index contributed by atoms with van der Waals surface area (Å²) >= 11 is 7.56. The summed E-state index contributed by atoms with van der Waals surface area (Å²) in [5.74, 6) is 2.95. The van der Waals surface area contributed by atoms with Crippen LogP contribution < -0.4 is 5.32 Å². The lowest BCUT2D eigenvalue weighted by Gasteiger charge is -2.13. The summed E-state index contributed by atoms with van der Waals surface area (Å²) in [5, 5.41) is 11.8. The van der Waals surface area contributed by atoms with Crippen LogP contribution in [0.2, 0.25) is 5.02 Å². The molecule has 2 aromatic heterocycles. The van der Waals surface area contributed by atoms with Gasteiger partial charge in [0, 0.05) is 22.7 Å². The number of halogens is 1. The Balaban J connectivity index is 1.90. The van der Waals surface area contributed by atoms with E-state index in [4.69, 9.17) is 11.6 Å². The van der Waals surface area contributed by atoms with Crippen LogP contribution in [0.4, 0.5) is 11.8 Å². The number of hydrogen-bond acceptors (Lipinski definition) is 6. The Morgan fingerprint density at radius 3 is 2.60 bits per heavy atom. The van der Waals surface area contributed by atoms with Gasteiger partial charge in [-0.3, -0.25) is 0 Å². The number of benzene rings is 1. The molecule has 2 N–H and O–H groups in total. The summed E-state index contributed by atoms with van der Waals surface area (Å²) in [7, 11) is 0. The zero-order chi connectivity index (χ0) is 17.8. The maximum Gasteiger partial charge on any atom is 0.225 e. The molecule has 3 rings (SSSR count). The molecule has 0 amide bonds. The number of hydrogen-bond donors (Lipinski definition) is 2. The first-order valence-corrected chi connectivity index (χ1v) is 9.32. The number of anilines is 2. The second kappa shape index (κ2) is 7.84. The molecule has 0 spiro atoms. The van der Waals surface area contributed by atoms with E-state index in [1.54, 1.807) is 11.8 Å². The summed E-state index contributed by atoms with van der Waals surface area (Å²) in [6.07, 6.45) is 0.705. The van der Waals surface area contributed by atoms with E-state index in [0.717, 1.165) is 33.4 Å². The van der Waals surface area contributed by atoms with E-state index in [0.29, 0.717) is 23.4 Å². The van der Waals surface area contributed by atoms with Crippen molar-refractivity contribution in [3.05, 3.63) is 51.9 Å². The molecule has 130 valence electrons. The van der Waals surface area contributed by atoms with Crippen molar-refractivity contribution in [3.8, 4) is 0 Å². The second-order valence-electron chi connectivity index (χ2n) is 5.51. The predicted octanol–water partition coefficient (Wildman–Crippen LogP) is 4.31. The Hall–Kier alpha value is -2.12. The predicted molar refractivity (Wildman–Crippen MR) is 102 cm³/mol. The Morgan fingerprint density at radius 2 is 1.88 bits per heavy atom. The number of thioether (sulfide) groups is 1. The molecule has 0 atom stereocenters. The summed E-state index contributed by atoms with van der Waals surface area (Å²) in [6.45, 7) is 5.93. The first kappa shape index (κ1) is 17.7. The van der Waals surface area contributed by atoms with E-state index >= 15 is 0 Å². The van der Waals surface area contributed by atoms with Crippen molar-refractivity contribution in [1.82, 2.24) is 25.1 Å². The Bertz CT molecular complexity index is 862. The molecule has 0 radical (unpaired) electrons. The van der Waals surface area contributed by atoms with E-state index in [2.05, 4.69) is 37.4 Å². The van der Waals surface area contributed by atoms with Crippen LogP contribution in [0, 0.1) is 13.8 Å². The number of H-pyrrole nitrogens is 1. The van der Waals surface area contributed by atoms with Crippen LogP contribution in [0.1, 0.15) is 29.6 Å². The molecular weight excluding hydrogens is 356 g/mol. The van der Waals surface area contributed by atoms with Crippen molar-refractivity contribution in [2.24, 2.45) is 0 Å². The number of aryl methyl sites for hydroxylation is 2. The van der Waals surface area contributed by atoms with Crippen LogP contribution in [-0.4, -0.2) is 30.9 Å². The molecule has 0 aliphatic heterocycles. The number of rotatable bonds is 6. The summed E-state index contributed by atoms with van der Waals surface area (Å²) in [6, 6.07) is 7.80. The van der Waals surface area contributed by atoms with Gasteiger partial charge >= 0.3 is 0 Å². The average Bonchev–Trinajstić information content (AvgIpc) is 3.00. The molecule has 1 aromatic carbocycles. The molecular formula is C17H19ClN6S. The Kier molecular flexibility index (Phi) is 5.55. The van der Waals surface area contributed by atoms with Gasteiger partial charge in [0.1, 0.15) is 11.6 Å². The standard InChI is InChI=1S/C17H19ClN6S/c1-4-25-17-22-16(23-24-17)21-15-14(10(2)19-11(3)20-15)9-12-5-7-13(18)8-6-12/h5-8H,4,9H2,1-3H3,(H2,19,20,21,22,23,24). The third-order valence-electron chi connectivity index (χ3n) is 3.59. The molecule has 8 heteroatoms. The molecule has 0 unspecified atom stereocenters. The minimum atomic E-state index is 0.575. The van der Waals surface area contributed by atoms with Gasteiger partial charge in [-0.05, 0) is 37.3 Å². The fourth-order valence-corrected chi connectivity index (χ4v) is 3.12. The fraction of sp³-hybridized carbons (Fsp3) is 0.294. The lowest BCUT2D eigenvalue weighted by atomic mass is 10.0. The van der Waals surface area contributed by atoms with Crippen molar-refractivity contribution in [3.63, 3.8) is 0 Å². The van der Waals surface area contributed by atoms with E-state index in [1.165, 1.54) is 0 Å². The molecule has 25 heavy (non-hydrogen) atoms. The smallest absolute Gasteiger partial charge is 0.225 e. The van der Waals surface area contributed by atoms with Crippen molar-refractivity contribution < 1.29 is 0 Å². The highest BCUT2D eigenvalue weighted by Gasteiger charge is 2.13. The molecule has 6 nitrogen and oxygen atoms in total. The topological polar surface area (TPSA) is 79.4 Å². The van der Waals surface area contributed by atoms with Crippen LogP contribution in [0.25, 0.3) is 0 Å². The molecule has 2 heterocycles. The normalized spacial score (nSPS) is 10.9. The number of nitrogens with one attached hydrogen (secondary N) is 2. The van der Waals surface area contributed by atoms with Gasteiger partial charge in [0.2, 0.25) is 11.1 Å². The third kappa shape index (κ3) is 4.49. The van der Waals surface area contributed by atoms with E-state index in [1.807, 2.05) is 38.1 Å². The minimum Gasteiger partial charge on any atom is -0.309 e. The Labute approximate surface area is 155 Å². The number of aromatic amines is 1. The fourth-order valence-electron chi connectivity index (χ4n) is 2.47. The first-order chi connectivity index (χ1) is 12.0. The van der Waals surface area contributed by atoms with Gasteiger partial charge in [0.25, 0.3) is 0 Å². The zero-order valence-corrected chi connectivity index (χ0v) is 15.9. The maximum absolute atomic E-state index is 5.97. The first-order valence-electron chi connectivity index (χ1n) is 7.96. The molecule has 0 bridgehead atoms. The number of aromatic nitrogens is 5. The highest BCUT2D eigenvalue weighted by molar-refractivity contribution is 7.99. The monoisotopic (exact) mass is 374 g/mol. The van der Waals surface area contributed by atoms with Crippen LogP contribution in [-0.2, 0) is 6.42 Å². The van der Waals surface area contributed by atoms with Crippen molar-refractivity contribution in [1.29, 1.82) is 0 Å². The minimum absolute atomic E-state index is 0.575. The molecule has 0 aliphatic rings. The Morgan fingerprint density at radius 1 is 1.12 bits per heavy atom. The molecule has 3 aromatic rings. The summed E-state index contributed by atoms with van der Waals surface area (Å²) in [4.78, 5) is 13.5. The molecule has 0 saturated carbocycles. The lowest BCUT2D eigenvalue weighted by molar-refractivity contribution is 0.959. The largest absolute Gasteiger partial charge is 0.309 e. The average molecular weight is 375 g/mol. The quantitative estimate of drug-likeness (QED) is 0.626. The second-order valence-corrected chi connectivity index (χ2v) is 7.18. The van der Waals surface area contributed by atoms with Gasteiger partial charge in [0.05, 0.1) is 0 Å². The zero-order valence-electron chi connectivity index (χ0n) is 14.3. The van der Waals surface area contributed by atoms with Crippen LogP contribution >= 0.6 is 23.4 Å². The van der Waals surface area contributed by atoms with Crippen molar-refractivity contribution in [2.45, 2.75) is 32.3 Å². The van der Waals surface area contributed by atoms with Gasteiger partial charge < -0.3 is 5.32 Å². The highest BCUT2D eigenvalue weighted by atomic mass is 35.5. The van der Waals surface area contributed by atoms with E-state index in [9.17, 15) is 0 Å². The van der Waals surface area contributed by atoms with Gasteiger partial charge in [-0.25, -0.2) is 15.1 Å². The lowest BCUT2D eigenvalue weighted by Crippen LogP contribution is -2.07. The van der Waals surface area contributed by atoms with Gasteiger partial charge in [-0.1, -0.05) is 42.4 Å². The van der Waals surface area contributed by atoms with Crippen molar-refractivity contribution >= 4 is 35.1 Å². The van der Waals surface area contributed by atoms with Gasteiger partial charge in [0.15, 0.2) is 0 Å². The summed E-state index contributed by atoms with van der Waals surface area (Å²) in [5.41, 5.74) is 3.10. The highest BCUT2D eigenvalue weighted by Crippen LogP contribution is 2.24. The molecule has 0 aliphatic carbocycles. The van der Waals surface area contributed by atoms with E-state index in [-0.39, 0.29) is 0 Å². The maximum atomic E-state index is 5.97. The molecule has 0 fully saturated rings. The van der Waals surface area contributed by atoms with Crippen LogP contribution in [0.5, 0.6) is 0 Å². The summed E-state index contributed by atoms with van der Waals surface area (Å²) < 4.78 is 0. The van der Waals surface area contributed by atoms with Crippen LogP contribution in [0.15, 0.2) is 29.4 Å². The number of nitrogens with zero attached hydrogens (tertiary/aromatic N) is 4. The van der Waals surface area contributed by atoms with E-state index < -0.39 is 0 Å². The SMILES string of the molecule is CCSc1n[nH]c(Nc2nc(C)nc(C)c2Cc2ccc(Cl)cc2)n1. The molecule has 0 saturated heterocycles. The van der Waals surface area contributed by atoms with Crippen molar-refractivity contribution in [2.75, 3.05) is 11.1 Å². The van der Waals surface area contributed by atoms with Crippen LogP contribution in [0.3, 0.4) is 0 Å². The van der Waals surface area contributed by atoms with Gasteiger partial charge in [-0.2, -0.15) is 4.98 Å². The van der Waals surface area contributed by atoms with Gasteiger partial charge in [-0.15, -0.1) is 5.10 Å². The third-order valence-corrected chi connectivity index (χ3v) is 4.58.